The molecule has 13 heavy (non-hydrogen) atoms. The fourth-order valence-electron chi connectivity index (χ4n) is 0.851. The van der Waals surface area contributed by atoms with Gasteiger partial charge in [-0.3, -0.25) is 4.79 Å². The van der Waals surface area contributed by atoms with Crippen molar-refractivity contribution in [3.05, 3.63) is 21.1 Å². The maximum absolute atomic E-state index is 10.7. The molecule has 0 unspecified atom stereocenters. The number of nitrogens with one attached hydrogen (secondary N) is 1. The number of carbonyl (C=O) groups is 1. The van der Waals surface area contributed by atoms with Gasteiger partial charge in [0.2, 0.25) is 5.91 Å². The minimum Gasteiger partial charge on any atom is -0.505 e. The lowest BCUT2D eigenvalue weighted by Gasteiger charge is -2.07. The van der Waals surface area contributed by atoms with E-state index in [9.17, 15) is 9.90 Å². The van der Waals surface area contributed by atoms with Crippen LogP contribution in [-0.4, -0.2) is 11.0 Å². The highest BCUT2D eigenvalue weighted by atomic mass is 79.9. The van der Waals surface area contributed by atoms with Crippen LogP contribution in [0.4, 0.5) is 5.69 Å². The molecule has 0 radical (unpaired) electrons. The van der Waals surface area contributed by atoms with Gasteiger partial charge in [-0.1, -0.05) is 15.9 Å². The van der Waals surface area contributed by atoms with Gasteiger partial charge in [-0.15, -0.1) is 0 Å². The third-order valence-corrected chi connectivity index (χ3v) is 2.40. The van der Waals surface area contributed by atoms with Crippen molar-refractivity contribution in [1.82, 2.24) is 0 Å². The number of carbonyl (C=O) groups excluding carboxylic acids is 1. The lowest BCUT2D eigenvalue weighted by Crippen LogP contribution is -2.05. The lowest BCUT2D eigenvalue weighted by molar-refractivity contribution is -0.114. The number of aromatic hydroxyl groups is 1. The molecule has 1 amide bonds. The second-order valence-electron chi connectivity index (χ2n) is 2.46. The summed E-state index contributed by atoms with van der Waals surface area (Å²) in [4.78, 5) is 10.7. The zero-order chi connectivity index (χ0) is 10.0. The van der Waals surface area contributed by atoms with E-state index in [2.05, 4.69) is 37.2 Å². The van der Waals surface area contributed by atoms with Gasteiger partial charge < -0.3 is 10.4 Å². The van der Waals surface area contributed by atoms with Crippen molar-refractivity contribution < 1.29 is 9.90 Å². The summed E-state index contributed by atoms with van der Waals surface area (Å²) in [5.74, 6) is -0.196. The first-order valence-corrected chi connectivity index (χ1v) is 5.05. The predicted molar refractivity (Wildman–Crippen MR) is 57.8 cm³/mol. The summed E-state index contributed by atoms with van der Waals surface area (Å²) in [6.45, 7) is 1.38. The minimum absolute atomic E-state index is 0.0263. The molecule has 0 heterocycles. The predicted octanol–water partition coefficient (Wildman–Crippen LogP) is 2.88. The third kappa shape index (κ3) is 2.70. The van der Waals surface area contributed by atoms with Gasteiger partial charge in [0.15, 0.2) is 5.75 Å². The van der Waals surface area contributed by atoms with Crippen LogP contribution >= 0.6 is 31.9 Å². The number of phenols is 1. The van der Waals surface area contributed by atoms with Crippen LogP contribution in [-0.2, 0) is 4.79 Å². The summed E-state index contributed by atoms with van der Waals surface area (Å²) >= 11 is 6.40. The summed E-state index contributed by atoms with van der Waals surface area (Å²) < 4.78 is 1.31. The van der Waals surface area contributed by atoms with Crippen molar-refractivity contribution >= 4 is 43.5 Å². The van der Waals surface area contributed by atoms with Gasteiger partial charge in [0.1, 0.15) is 0 Å². The highest BCUT2D eigenvalue weighted by Crippen LogP contribution is 2.35. The molecule has 0 aromatic heterocycles. The second kappa shape index (κ2) is 4.11. The number of rotatable bonds is 1. The van der Waals surface area contributed by atoms with Crippen LogP contribution < -0.4 is 5.32 Å². The first-order chi connectivity index (χ1) is 6.00. The molecule has 1 aromatic carbocycles. The van der Waals surface area contributed by atoms with E-state index >= 15 is 0 Å². The van der Waals surface area contributed by atoms with E-state index in [0.717, 1.165) is 4.47 Å². The number of hydrogen-bond donors (Lipinski definition) is 2. The van der Waals surface area contributed by atoms with Crippen molar-refractivity contribution in [1.29, 1.82) is 0 Å². The SMILES string of the molecule is CC(=O)Nc1cc(Br)cc(Br)c1O. The van der Waals surface area contributed by atoms with Crippen LogP contribution in [0, 0.1) is 0 Å². The molecule has 0 saturated carbocycles. The highest BCUT2D eigenvalue weighted by molar-refractivity contribution is 9.11. The number of anilines is 1. The van der Waals surface area contributed by atoms with E-state index < -0.39 is 0 Å². The van der Waals surface area contributed by atoms with Crippen LogP contribution in [0.5, 0.6) is 5.75 Å². The van der Waals surface area contributed by atoms with E-state index in [1.807, 2.05) is 0 Å². The maximum atomic E-state index is 10.7. The van der Waals surface area contributed by atoms with Gasteiger partial charge in [0.05, 0.1) is 10.2 Å². The largest absolute Gasteiger partial charge is 0.505 e. The van der Waals surface area contributed by atoms with E-state index in [4.69, 9.17) is 0 Å². The van der Waals surface area contributed by atoms with Crippen molar-refractivity contribution in [2.24, 2.45) is 0 Å². The van der Waals surface area contributed by atoms with Crippen LogP contribution in [0.1, 0.15) is 6.92 Å². The van der Waals surface area contributed by atoms with Crippen LogP contribution in [0.2, 0.25) is 0 Å². The molecule has 1 aromatic rings. The lowest BCUT2D eigenvalue weighted by atomic mass is 10.3. The smallest absolute Gasteiger partial charge is 0.221 e. The summed E-state index contributed by atoms with van der Waals surface area (Å²) in [7, 11) is 0. The summed E-state index contributed by atoms with van der Waals surface area (Å²) in [6, 6.07) is 3.32. The van der Waals surface area contributed by atoms with Gasteiger partial charge in [0, 0.05) is 11.4 Å². The van der Waals surface area contributed by atoms with Gasteiger partial charge in [0.25, 0.3) is 0 Å². The number of amides is 1. The summed E-state index contributed by atoms with van der Waals surface area (Å²) in [5, 5.41) is 12.0. The van der Waals surface area contributed by atoms with Gasteiger partial charge in [-0.25, -0.2) is 0 Å². The molecule has 70 valence electrons. The van der Waals surface area contributed by atoms with Crippen molar-refractivity contribution in [2.75, 3.05) is 5.32 Å². The molecule has 0 fully saturated rings. The zero-order valence-corrected chi connectivity index (χ0v) is 9.94. The number of benzene rings is 1. The number of hydrogen-bond acceptors (Lipinski definition) is 2. The highest BCUT2D eigenvalue weighted by Gasteiger charge is 2.07. The molecule has 0 aliphatic carbocycles. The first kappa shape index (κ1) is 10.5. The Balaban J connectivity index is 3.12. The Hall–Kier alpha value is -0.550. The summed E-state index contributed by atoms with van der Waals surface area (Å²) in [5.41, 5.74) is 0.383. The Morgan fingerprint density at radius 1 is 1.46 bits per heavy atom. The van der Waals surface area contributed by atoms with Gasteiger partial charge >= 0.3 is 0 Å². The van der Waals surface area contributed by atoms with Crippen LogP contribution in [0.15, 0.2) is 21.1 Å². The molecule has 0 spiro atoms. The molecule has 5 heteroatoms. The Morgan fingerprint density at radius 2 is 2.08 bits per heavy atom. The third-order valence-electron chi connectivity index (χ3n) is 1.34. The van der Waals surface area contributed by atoms with E-state index in [-0.39, 0.29) is 11.7 Å². The Morgan fingerprint density at radius 3 is 2.62 bits per heavy atom. The fraction of sp³-hybridized carbons (Fsp3) is 0.125. The first-order valence-electron chi connectivity index (χ1n) is 3.46. The Kier molecular flexibility index (Phi) is 3.33. The molecule has 1 rings (SSSR count). The standard InChI is InChI=1S/C8H7Br2NO2/c1-4(12)11-7-3-5(9)2-6(10)8(7)13/h2-3,13H,1H3,(H,11,12). The Bertz CT molecular complexity index is 352. The average Bonchev–Trinajstić information content (AvgIpc) is 1.98. The fourth-order valence-corrected chi connectivity index (χ4v) is 2.08. The van der Waals surface area contributed by atoms with Crippen LogP contribution in [0.3, 0.4) is 0 Å². The molecular formula is C8H7Br2NO2. The molecule has 3 nitrogen and oxygen atoms in total. The van der Waals surface area contributed by atoms with E-state index in [1.54, 1.807) is 12.1 Å². The molecule has 0 bridgehead atoms. The van der Waals surface area contributed by atoms with Crippen LogP contribution in [0.25, 0.3) is 0 Å². The Labute approximate surface area is 92.4 Å². The molecule has 2 N–H and O–H groups in total. The normalized spacial score (nSPS) is 9.77. The van der Waals surface area contributed by atoms with Gasteiger partial charge in [-0.2, -0.15) is 0 Å². The average molecular weight is 309 g/mol. The zero-order valence-electron chi connectivity index (χ0n) is 6.77. The monoisotopic (exact) mass is 307 g/mol. The minimum atomic E-state index is -0.222. The molecular weight excluding hydrogens is 302 g/mol. The molecule has 0 aliphatic rings. The number of phenolic OH excluding ortho intramolecular Hbond substituents is 1. The molecule has 0 aliphatic heterocycles. The van der Waals surface area contributed by atoms with E-state index in [1.165, 1.54) is 6.92 Å². The quantitative estimate of drug-likeness (QED) is 0.784. The topological polar surface area (TPSA) is 49.3 Å². The van der Waals surface area contributed by atoms with Crippen molar-refractivity contribution in [2.45, 2.75) is 6.92 Å². The van der Waals surface area contributed by atoms with E-state index in [0.29, 0.717) is 10.2 Å². The molecule has 0 atom stereocenters. The van der Waals surface area contributed by atoms with Crippen molar-refractivity contribution in [3.63, 3.8) is 0 Å². The van der Waals surface area contributed by atoms with Crippen molar-refractivity contribution in [3.8, 4) is 5.75 Å². The maximum Gasteiger partial charge on any atom is 0.221 e. The summed E-state index contributed by atoms with van der Waals surface area (Å²) in [6.07, 6.45) is 0. The molecule has 0 saturated heterocycles. The van der Waals surface area contributed by atoms with Gasteiger partial charge in [-0.05, 0) is 28.1 Å². The number of halogens is 2. The second-order valence-corrected chi connectivity index (χ2v) is 4.23.